The zero-order valence-electron chi connectivity index (χ0n) is 17.7. The van der Waals surface area contributed by atoms with E-state index < -0.39 is 17.7 Å². The second-order valence-electron chi connectivity index (χ2n) is 7.74. The van der Waals surface area contributed by atoms with E-state index in [1.807, 2.05) is 30.3 Å². The number of benzene rings is 3. The van der Waals surface area contributed by atoms with Gasteiger partial charge in [0, 0.05) is 10.6 Å². The molecule has 1 saturated heterocycles. The molecule has 7 heteroatoms. The SMILES string of the molecule is CCc1ccc(C2C(=C(O)c3ccccc3)C(=O)C(=O)N2c2nc3ccc(Cl)cc3s2)cc1. The zero-order valence-corrected chi connectivity index (χ0v) is 19.2. The minimum Gasteiger partial charge on any atom is -0.507 e. The van der Waals surface area contributed by atoms with Crippen LogP contribution in [0, 0.1) is 0 Å². The Kier molecular flexibility index (Phi) is 5.48. The van der Waals surface area contributed by atoms with Gasteiger partial charge in [-0.3, -0.25) is 14.5 Å². The van der Waals surface area contributed by atoms with E-state index in [0.29, 0.717) is 21.2 Å². The average Bonchev–Trinajstić information content (AvgIpc) is 3.37. The van der Waals surface area contributed by atoms with E-state index in [4.69, 9.17) is 11.6 Å². The van der Waals surface area contributed by atoms with Gasteiger partial charge in [0.05, 0.1) is 21.8 Å². The first-order valence-corrected chi connectivity index (χ1v) is 11.7. The molecule has 2 heterocycles. The van der Waals surface area contributed by atoms with Gasteiger partial charge in [-0.1, -0.05) is 84.5 Å². The summed E-state index contributed by atoms with van der Waals surface area (Å²) in [6.45, 7) is 2.06. The summed E-state index contributed by atoms with van der Waals surface area (Å²) in [5, 5.41) is 12.1. The van der Waals surface area contributed by atoms with Crippen molar-refractivity contribution < 1.29 is 14.7 Å². The number of halogens is 1. The van der Waals surface area contributed by atoms with Gasteiger partial charge in [-0.05, 0) is 35.7 Å². The van der Waals surface area contributed by atoms with Crippen LogP contribution in [0.2, 0.25) is 5.02 Å². The number of hydrogen-bond acceptors (Lipinski definition) is 5. The molecular formula is C26H19ClN2O3S. The number of aromatic nitrogens is 1. The van der Waals surface area contributed by atoms with Crippen LogP contribution in [0.1, 0.15) is 29.7 Å². The number of carbonyl (C=O) groups is 2. The Morgan fingerprint density at radius 2 is 1.79 bits per heavy atom. The molecule has 164 valence electrons. The Labute approximate surface area is 199 Å². The number of thiazole rings is 1. The molecule has 1 aliphatic heterocycles. The Balaban J connectivity index is 1.72. The van der Waals surface area contributed by atoms with Crippen molar-refractivity contribution >= 4 is 55.7 Å². The standard InChI is InChI=1S/C26H19ClN2O3S/c1-2-15-8-10-16(11-9-15)22-21(23(30)17-6-4-3-5-7-17)24(31)25(32)29(22)26-28-19-13-12-18(27)14-20(19)33-26/h3-14,22,30H,2H2,1H3. The summed E-state index contributed by atoms with van der Waals surface area (Å²) < 4.78 is 0.808. The Morgan fingerprint density at radius 1 is 1.06 bits per heavy atom. The third kappa shape index (κ3) is 3.71. The maximum absolute atomic E-state index is 13.3. The molecule has 1 unspecified atom stereocenters. The van der Waals surface area contributed by atoms with Crippen LogP contribution >= 0.6 is 22.9 Å². The molecule has 4 aromatic rings. The Morgan fingerprint density at radius 3 is 2.48 bits per heavy atom. The number of anilines is 1. The lowest BCUT2D eigenvalue weighted by Gasteiger charge is -2.23. The highest BCUT2D eigenvalue weighted by Crippen LogP contribution is 2.44. The van der Waals surface area contributed by atoms with Crippen LogP contribution in [-0.4, -0.2) is 21.8 Å². The monoisotopic (exact) mass is 474 g/mol. The first-order valence-electron chi connectivity index (χ1n) is 10.5. The third-order valence-electron chi connectivity index (χ3n) is 5.74. The molecule has 0 radical (unpaired) electrons. The number of rotatable bonds is 4. The van der Waals surface area contributed by atoms with Gasteiger partial charge in [0.25, 0.3) is 5.78 Å². The largest absolute Gasteiger partial charge is 0.507 e. The molecule has 1 aliphatic rings. The van der Waals surface area contributed by atoms with E-state index in [2.05, 4.69) is 11.9 Å². The Bertz CT molecular complexity index is 1410. The van der Waals surface area contributed by atoms with Crippen molar-refractivity contribution in [2.45, 2.75) is 19.4 Å². The van der Waals surface area contributed by atoms with Crippen molar-refractivity contribution in [2.75, 3.05) is 4.90 Å². The number of aryl methyl sites for hydroxylation is 1. The lowest BCUT2D eigenvalue weighted by atomic mass is 9.94. The van der Waals surface area contributed by atoms with Gasteiger partial charge >= 0.3 is 5.91 Å². The molecule has 1 N–H and O–H groups in total. The average molecular weight is 475 g/mol. The predicted octanol–water partition coefficient (Wildman–Crippen LogP) is 6.14. The fourth-order valence-corrected chi connectivity index (χ4v) is 5.29. The highest BCUT2D eigenvalue weighted by molar-refractivity contribution is 7.22. The number of nitrogens with zero attached hydrogens (tertiary/aromatic N) is 2. The van der Waals surface area contributed by atoms with Crippen molar-refractivity contribution in [3.05, 3.63) is 100 Å². The molecule has 1 atom stereocenters. The minimum absolute atomic E-state index is 0.0488. The summed E-state index contributed by atoms with van der Waals surface area (Å²) in [5.74, 6) is -1.66. The summed E-state index contributed by atoms with van der Waals surface area (Å²) in [5.41, 5.74) is 3.06. The summed E-state index contributed by atoms with van der Waals surface area (Å²) in [6.07, 6.45) is 0.864. The molecular weight excluding hydrogens is 456 g/mol. The number of ketones is 1. The van der Waals surface area contributed by atoms with Crippen molar-refractivity contribution in [1.29, 1.82) is 0 Å². The van der Waals surface area contributed by atoms with Gasteiger partial charge < -0.3 is 5.11 Å². The predicted molar refractivity (Wildman–Crippen MR) is 132 cm³/mol. The minimum atomic E-state index is -0.799. The Hall–Kier alpha value is -3.48. The first-order chi connectivity index (χ1) is 16.0. The van der Waals surface area contributed by atoms with E-state index in [1.165, 1.54) is 16.2 Å². The van der Waals surface area contributed by atoms with Crippen LogP contribution in [0.3, 0.4) is 0 Å². The van der Waals surface area contributed by atoms with Crippen molar-refractivity contribution in [3.8, 4) is 0 Å². The number of carbonyl (C=O) groups excluding carboxylic acids is 2. The van der Waals surface area contributed by atoms with Gasteiger partial charge in [0.15, 0.2) is 5.13 Å². The van der Waals surface area contributed by atoms with Gasteiger partial charge in [-0.15, -0.1) is 0 Å². The molecule has 1 fully saturated rings. The van der Waals surface area contributed by atoms with Crippen LogP contribution < -0.4 is 4.90 Å². The summed E-state index contributed by atoms with van der Waals surface area (Å²) in [6, 6.07) is 21.0. The smallest absolute Gasteiger partial charge is 0.301 e. The summed E-state index contributed by atoms with van der Waals surface area (Å²) in [7, 11) is 0. The highest BCUT2D eigenvalue weighted by atomic mass is 35.5. The van der Waals surface area contributed by atoms with E-state index in [0.717, 1.165) is 22.2 Å². The van der Waals surface area contributed by atoms with E-state index in [-0.39, 0.29) is 11.3 Å². The fraction of sp³-hybridized carbons (Fsp3) is 0.115. The van der Waals surface area contributed by atoms with E-state index in [9.17, 15) is 14.7 Å². The van der Waals surface area contributed by atoms with Crippen LogP contribution in [0.25, 0.3) is 16.0 Å². The lowest BCUT2D eigenvalue weighted by Crippen LogP contribution is -2.29. The third-order valence-corrected chi connectivity index (χ3v) is 6.99. The molecule has 0 aliphatic carbocycles. The quantitative estimate of drug-likeness (QED) is 0.219. The summed E-state index contributed by atoms with van der Waals surface area (Å²) in [4.78, 5) is 32.5. The van der Waals surface area contributed by atoms with Gasteiger partial charge in [0.2, 0.25) is 0 Å². The molecule has 0 bridgehead atoms. The summed E-state index contributed by atoms with van der Waals surface area (Å²) >= 11 is 7.41. The topological polar surface area (TPSA) is 70.5 Å². The maximum Gasteiger partial charge on any atom is 0.301 e. The molecule has 3 aromatic carbocycles. The second-order valence-corrected chi connectivity index (χ2v) is 9.18. The van der Waals surface area contributed by atoms with Gasteiger partial charge in [-0.2, -0.15) is 0 Å². The highest BCUT2D eigenvalue weighted by Gasteiger charge is 2.48. The zero-order chi connectivity index (χ0) is 23.1. The van der Waals surface area contributed by atoms with Crippen LogP contribution in [0.15, 0.2) is 78.4 Å². The number of hydrogen-bond donors (Lipinski definition) is 1. The number of aliphatic hydroxyl groups is 1. The van der Waals surface area contributed by atoms with Crippen molar-refractivity contribution in [1.82, 2.24) is 4.98 Å². The van der Waals surface area contributed by atoms with Crippen LogP contribution in [0.5, 0.6) is 0 Å². The normalized spacial score (nSPS) is 17.8. The second kappa shape index (κ2) is 8.46. The van der Waals surface area contributed by atoms with E-state index in [1.54, 1.807) is 42.5 Å². The molecule has 5 rings (SSSR count). The maximum atomic E-state index is 13.3. The molecule has 33 heavy (non-hydrogen) atoms. The molecule has 1 aromatic heterocycles. The van der Waals surface area contributed by atoms with Gasteiger partial charge in [0.1, 0.15) is 5.76 Å². The van der Waals surface area contributed by atoms with Crippen LogP contribution in [0.4, 0.5) is 5.13 Å². The number of Topliss-reactive ketones (excluding diaryl/α,β-unsaturated/α-hetero) is 1. The molecule has 1 amide bonds. The molecule has 0 spiro atoms. The number of fused-ring (bicyclic) bond motifs is 1. The van der Waals surface area contributed by atoms with Crippen LogP contribution in [-0.2, 0) is 16.0 Å². The number of aliphatic hydroxyl groups excluding tert-OH is 1. The first kappa shape index (κ1) is 21.4. The lowest BCUT2D eigenvalue weighted by molar-refractivity contribution is -0.132. The van der Waals surface area contributed by atoms with Crippen molar-refractivity contribution in [2.24, 2.45) is 0 Å². The molecule has 0 saturated carbocycles. The van der Waals surface area contributed by atoms with E-state index >= 15 is 0 Å². The van der Waals surface area contributed by atoms with Crippen molar-refractivity contribution in [3.63, 3.8) is 0 Å². The number of amides is 1. The fourth-order valence-electron chi connectivity index (χ4n) is 4.02. The molecule has 5 nitrogen and oxygen atoms in total. The van der Waals surface area contributed by atoms with Gasteiger partial charge in [-0.25, -0.2) is 4.98 Å².